The molecule has 0 saturated carbocycles. The van der Waals surface area contributed by atoms with Crippen LogP contribution in [0.15, 0.2) is 77.4 Å². The molecule has 0 aliphatic carbocycles. The molecular formula is C19H16BrN3O. The number of benzene rings is 2. The van der Waals surface area contributed by atoms with Crippen LogP contribution in [-0.2, 0) is 11.2 Å². The fourth-order valence-electron chi connectivity index (χ4n) is 2.21. The number of halogens is 1. The van der Waals surface area contributed by atoms with Crippen molar-refractivity contribution in [3.05, 3.63) is 83.0 Å². The Bertz CT molecular complexity index is 802. The van der Waals surface area contributed by atoms with Crippen molar-refractivity contribution in [2.75, 3.05) is 10.6 Å². The van der Waals surface area contributed by atoms with E-state index in [1.165, 1.54) is 0 Å². The molecular weight excluding hydrogens is 366 g/mol. The maximum atomic E-state index is 12.0. The summed E-state index contributed by atoms with van der Waals surface area (Å²) in [6.45, 7) is 0. The molecule has 0 bridgehead atoms. The number of anilines is 3. The van der Waals surface area contributed by atoms with Crippen molar-refractivity contribution in [2.45, 2.75) is 6.42 Å². The summed E-state index contributed by atoms with van der Waals surface area (Å²) in [7, 11) is 0. The van der Waals surface area contributed by atoms with E-state index in [1.54, 1.807) is 6.20 Å². The van der Waals surface area contributed by atoms with Gasteiger partial charge in [0.1, 0.15) is 5.82 Å². The average molecular weight is 382 g/mol. The first-order valence-corrected chi connectivity index (χ1v) is 8.31. The molecule has 1 heterocycles. The van der Waals surface area contributed by atoms with E-state index in [-0.39, 0.29) is 5.91 Å². The van der Waals surface area contributed by atoms with E-state index in [9.17, 15) is 4.79 Å². The van der Waals surface area contributed by atoms with Crippen molar-refractivity contribution in [2.24, 2.45) is 0 Å². The predicted molar refractivity (Wildman–Crippen MR) is 100 cm³/mol. The zero-order valence-corrected chi connectivity index (χ0v) is 14.5. The lowest BCUT2D eigenvalue weighted by atomic mass is 10.1. The summed E-state index contributed by atoms with van der Waals surface area (Å²) in [4.78, 5) is 16.3. The molecule has 2 N–H and O–H groups in total. The molecule has 4 nitrogen and oxygen atoms in total. The predicted octanol–water partition coefficient (Wildman–Crippen LogP) is 4.77. The van der Waals surface area contributed by atoms with Crippen LogP contribution >= 0.6 is 15.9 Å². The second-order valence-corrected chi connectivity index (χ2v) is 6.19. The molecule has 0 saturated heterocycles. The highest BCUT2D eigenvalue weighted by Gasteiger charge is 2.04. The van der Waals surface area contributed by atoms with Crippen LogP contribution in [0.25, 0.3) is 0 Å². The average Bonchev–Trinajstić information content (AvgIpc) is 2.59. The molecule has 0 atom stereocenters. The van der Waals surface area contributed by atoms with Gasteiger partial charge < -0.3 is 10.6 Å². The fraction of sp³-hybridized carbons (Fsp3) is 0.0526. The normalized spacial score (nSPS) is 10.2. The first kappa shape index (κ1) is 16.2. The van der Waals surface area contributed by atoms with Gasteiger partial charge in [0.05, 0.1) is 18.3 Å². The first-order chi connectivity index (χ1) is 11.7. The molecule has 0 fully saturated rings. The first-order valence-electron chi connectivity index (χ1n) is 7.51. The number of nitrogens with one attached hydrogen (secondary N) is 2. The van der Waals surface area contributed by atoms with Crippen LogP contribution in [0.3, 0.4) is 0 Å². The van der Waals surface area contributed by atoms with Crippen LogP contribution in [0.2, 0.25) is 0 Å². The van der Waals surface area contributed by atoms with E-state index >= 15 is 0 Å². The number of rotatable bonds is 5. The summed E-state index contributed by atoms with van der Waals surface area (Å²) < 4.78 is 1.03. The molecule has 3 rings (SSSR count). The van der Waals surface area contributed by atoms with Crippen LogP contribution in [0.1, 0.15) is 5.56 Å². The highest BCUT2D eigenvalue weighted by molar-refractivity contribution is 9.10. The van der Waals surface area contributed by atoms with Crippen molar-refractivity contribution in [3.8, 4) is 0 Å². The third-order valence-corrected chi connectivity index (χ3v) is 3.90. The molecule has 0 spiro atoms. The quantitative estimate of drug-likeness (QED) is 0.669. The van der Waals surface area contributed by atoms with Crippen LogP contribution in [0.4, 0.5) is 17.2 Å². The van der Waals surface area contributed by atoms with Crippen LogP contribution < -0.4 is 10.6 Å². The largest absolute Gasteiger partial charge is 0.340 e. The molecule has 5 heteroatoms. The molecule has 0 aliphatic rings. The highest BCUT2D eigenvalue weighted by Crippen LogP contribution is 2.19. The number of amides is 1. The second kappa shape index (κ2) is 7.75. The number of nitrogens with zero attached hydrogens (tertiary/aromatic N) is 1. The molecule has 2 aromatic carbocycles. The van der Waals surface area contributed by atoms with Crippen LogP contribution in [0, 0.1) is 0 Å². The van der Waals surface area contributed by atoms with Gasteiger partial charge in [0.15, 0.2) is 0 Å². The van der Waals surface area contributed by atoms with E-state index < -0.39 is 0 Å². The number of carbonyl (C=O) groups is 1. The summed E-state index contributed by atoms with van der Waals surface area (Å²) in [6, 6.07) is 21.1. The Labute approximate surface area is 149 Å². The van der Waals surface area contributed by atoms with Crippen molar-refractivity contribution < 1.29 is 4.79 Å². The summed E-state index contributed by atoms with van der Waals surface area (Å²) in [6.07, 6.45) is 1.99. The smallest absolute Gasteiger partial charge is 0.228 e. The van der Waals surface area contributed by atoms with Crippen molar-refractivity contribution in [1.29, 1.82) is 0 Å². The van der Waals surface area contributed by atoms with E-state index in [1.807, 2.05) is 66.7 Å². The van der Waals surface area contributed by atoms with Gasteiger partial charge in [-0.3, -0.25) is 4.79 Å². The van der Waals surface area contributed by atoms with E-state index in [0.29, 0.717) is 12.1 Å². The van der Waals surface area contributed by atoms with Crippen molar-refractivity contribution >= 4 is 39.0 Å². The second-order valence-electron chi connectivity index (χ2n) is 5.27. The minimum atomic E-state index is -0.0587. The molecule has 0 aliphatic heterocycles. The third-order valence-electron chi connectivity index (χ3n) is 3.37. The number of hydrogen-bond acceptors (Lipinski definition) is 3. The third kappa shape index (κ3) is 4.67. The van der Waals surface area contributed by atoms with Gasteiger partial charge in [0.2, 0.25) is 5.91 Å². The van der Waals surface area contributed by atoms with E-state index in [4.69, 9.17) is 0 Å². The molecule has 24 heavy (non-hydrogen) atoms. The van der Waals surface area contributed by atoms with E-state index in [0.717, 1.165) is 21.5 Å². The maximum absolute atomic E-state index is 12.0. The lowest BCUT2D eigenvalue weighted by Gasteiger charge is -2.08. The fourth-order valence-corrected chi connectivity index (χ4v) is 2.47. The number of carbonyl (C=O) groups excluding carboxylic acids is 1. The van der Waals surface area contributed by atoms with Crippen molar-refractivity contribution in [1.82, 2.24) is 4.98 Å². The number of aromatic nitrogens is 1. The summed E-state index contributed by atoms with van der Waals surface area (Å²) in [5, 5.41) is 6.06. The van der Waals surface area contributed by atoms with Gasteiger partial charge in [0.25, 0.3) is 0 Å². The van der Waals surface area contributed by atoms with Crippen molar-refractivity contribution in [3.63, 3.8) is 0 Å². The Morgan fingerprint density at radius 3 is 2.29 bits per heavy atom. The molecule has 120 valence electrons. The van der Waals surface area contributed by atoms with Crippen LogP contribution in [-0.4, -0.2) is 10.9 Å². The Kier molecular flexibility index (Phi) is 5.23. The van der Waals surface area contributed by atoms with E-state index in [2.05, 4.69) is 31.5 Å². The number of pyridine rings is 1. The summed E-state index contributed by atoms with van der Waals surface area (Å²) in [5.74, 6) is 0.662. The minimum Gasteiger partial charge on any atom is -0.340 e. The Morgan fingerprint density at radius 2 is 1.62 bits per heavy atom. The molecule has 3 aromatic rings. The van der Waals surface area contributed by atoms with Gasteiger partial charge in [-0.25, -0.2) is 4.98 Å². The van der Waals surface area contributed by atoms with Gasteiger partial charge in [-0.15, -0.1) is 0 Å². The zero-order chi connectivity index (χ0) is 16.8. The number of hydrogen-bond donors (Lipinski definition) is 2. The molecule has 1 amide bonds. The molecule has 1 aromatic heterocycles. The maximum Gasteiger partial charge on any atom is 0.228 e. The SMILES string of the molecule is O=C(Cc1ccccc1)Nc1ccc(Nc2ccc(Br)cc2)nc1. The zero-order valence-electron chi connectivity index (χ0n) is 12.9. The molecule has 0 unspecified atom stereocenters. The monoisotopic (exact) mass is 381 g/mol. The van der Waals surface area contributed by atoms with Gasteiger partial charge in [-0.05, 0) is 42.0 Å². The Hall–Kier alpha value is -2.66. The Balaban J connectivity index is 1.58. The van der Waals surface area contributed by atoms with Gasteiger partial charge in [0, 0.05) is 10.2 Å². The van der Waals surface area contributed by atoms with Gasteiger partial charge in [-0.1, -0.05) is 46.3 Å². The highest BCUT2D eigenvalue weighted by atomic mass is 79.9. The van der Waals surface area contributed by atoms with Gasteiger partial charge in [-0.2, -0.15) is 0 Å². The summed E-state index contributed by atoms with van der Waals surface area (Å²) in [5.41, 5.74) is 2.61. The minimum absolute atomic E-state index is 0.0587. The Morgan fingerprint density at radius 1 is 0.917 bits per heavy atom. The van der Waals surface area contributed by atoms with Gasteiger partial charge >= 0.3 is 0 Å². The lowest BCUT2D eigenvalue weighted by molar-refractivity contribution is -0.115. The lowest BCUT2D eigenvalue weighted by Crippen LogP contribution is -2.14. The standard InChI is InChI=1S/C19H16BrN3O/c20-15-6-8-16(9-7-15)22-18-11-10-17(13-21-18)23-19(24)12-14-4-2-1-3-5-14/h1-11,13H,12H2,(H,21,22)(H,23,24). The topological polar surface area (TPSA) is 54.0 Å². The summed E-state index contributed by atoms with van der Waals surface area (Å²) >= 11 is 3.40. The molecule has 0 radical (unpaired) electrons. The van der Waals surface area contributed by atoms with Crippen LogP contribution in [0.5, 0.6) is 0 Å².